The molecule has 1 heterocycles. The maximum Gasteiger partial charge on any atom is 0.257 e. The Balaban J connectivity index is 2.02. The summed E-state index contributed by atoms with van der Waals surface area (Å²) in [6.45, 7) is 3.76. The second-order valence-electron chi connectivity index (χ2n) is 4.20. The van der Waals surface area contributed by atoms with Gasteiger partial charge in [0.15, 0.2) is 5.11 Å². The van der Waals surface area contributed by atoms with Gasteiger partial charge in [-0.2, -0.15) is 0 Å². The number of carbonyl (C=O) groups excluding carboxylic acids is 1. The molecule has 0 aliphatic rings. The lowest BCUT2D eigenvalue weighted by Crippen LogP contribution is -2.38. The zero-order valence-electron chi connectivity index (χ0n) is 12.0. The van der Waals surface area contributed by atoms with Gasteiger partial charge in [0.2, 0.25) is 5.16 Å². The van der Waals surface area contributed by atoms with Crippen molar-refractivity contribution in [3.63, 3.8) is 0 Å². The lowest BCUT2D eigenvalue weighted by molar-refractivity contribution is 0.0977. The van der Waals surface area contributed by atoms with Crippen molar-refractivity contribution in [3.8, 4) is 0 Å². The topological polar surface area (TPSA) is 71.8 Å². The van der Waals surface area contributed by atoms with Crippen LogP contribution in [0.25, 0.3) is 0 Å². The molecule has 0 unspecified atom stereocenters. The van der Waals surface area contributed by atoms with E-state index in [0.717, 1.165) is 5.75 Å². The largest absolute Gasteiger partial charge is 0.298 e. The SMILES string of the molecule is CCSc1nnc(C)n1NC(=S)NC(=O)c1ccc(F)cc1. The summed E-state index contributed by atoms with van der Waals surface area (Å²) >= 11 is 6.60. The molecule has 0 radical (unpaired) electrons. The van der Waals surface area contributed by atoms with Crippen molar-refractivity contribution in [1.29, 1.82) is 0 Å². The van der Waals surface area contributed by atoms with Crippen LogP contribution in [0.4, 0.5) is 4.39 Å². The summed E-state index contributed by atoms with van der Waals surface area (Å²) in [5.41, 5.74) is 3.17. The van der Waals surface area contributed by atoms with Crippen molar-refractivity contribution in [2.24, 2.45) is 0 Å². The molecule has 1 aromatic carbocycles. The fourth-order valence-corrected chi connectivity index (χ4v) is 2.45. The number of halogens is 1. The molecule has 0 bridgehead atoms. The van der Waals surface area contributed by atoms with Crippen LogP contribution in [0.15, 0.2) is 29.4 Å². The molecule has 1 aromatic heterocycles. The summed E-state index contributed by atoms with van der Waals surface area (Å²) in [7, 11) is 0. The number of benzene rings is 1. The zero-order chi connectivity index (χ0) is 16.1. The Morgan fingerprint density at radius 1 is 1.36 bits per heavy atom. The van der Waals surface area contributed by atoms with Crippen LogP contribution in [0.2, 0.25) is 0 Å². The van der Waals surface area contributed by atoms with Gasteiger partial charge in [0.05, 0.1) is 0 Å². The third-order valence-electron chi connectivity index (χ3n) is 2.62. The summed E-state index contributed by atoms with van der Waals surface area (Å²) < 4.78 is 14.4. The molecule has 6 nitrogen and oxygen atoms in total. The summed E-state index contributed by atoms with van der Waals surface area (Å²) in [5.74, 6) is 0.620. The minimum atomic E-state index is -0.423. The number of hydrogen-bond acceptors (Lipinski definition) is 5. The molecule has 116 valence electrons. The van der Waals surface area contributed by atoms with Gasteiger partial charge < -0.3 is 0 Å². The highest BCUT2D eigenvalue weighted by Crippen LogP contribution is 2.14. The van der Waals surface area contributed by atoms with Gasteiger partial charge >= 0.3 is 0 Å². The molecular formula is C13H14FN5OS2. The number of aromatic nitrogens is 3. The highest BCUT2D eigenvalue weighted by atomic mass is 32.2. The number of amides is 1. The van der Waals surface area contributed by atoms with Crippen molar-refractivity contribution < 1.29 is 9.18 Å². The molecule has 0 aliphatic carbocycles. The summed E-state index contributed by atoms with van der Waals surface area (Å²) in [5, 5.41) is 11.2. The van der Waals surface area contributed by atoms with Crippen LogP contribution in [-0.4, -0.2) is 31.6 Å². The predicted molar refractivity (Wildman–Crippen MR) is 87.0 cm³/mol. The van der Waals surface area contributed by atoms with E-state index in [-0.39, 0.29) is 5.11 Å². The number of thioether (sulfide) groups is 1. The highest BCUT2D eigenvalue weighted by molar-refractivity contribution is 7.99. The number of rotatable bonds is 4. The molecular weight excluding hydrogens is 325 g/mol. The Morgan fingerprint density at radius 3 is 2.68 bits per heavy atom. The third-order valence-corrected chi connectivity index (χ3v) is 3.62. The Kier molecular flexibility index (Phi) is 5.45. The van der Waals surface area contributed by atoms with Gasteiger partial charge in [-0.1, -0.05) is 18.7 Å². The zero-order valence-corrected chi connectivity index (χ0v) is 13.6. The van der Waals surface area contributed by atoms with Crippen molar-refractivity contribution >= 4 is 35.0 Å². The number of nitrogens with zero attached hydrogens (tertiary/aromatic N) is 3. The van der Waals surface area contributed by atoms with Gasteiger partial charge in [0, 0.05) is 5.56 Å². The quantitative estimate of drug-likeness (QED) is 0.656. The van der Waals surface area contributed by atoms with E-state index in [9.17, 15) is 9.18 Å². The average molecular weight is 339 g/mol. The number of carbonyl (C=O) groups is 1. The van der Waals surface area contributed by atoms with Gasteiger partial charge in [-0.15, -0.1) is 10.2 Å². The molecule has 9 heteroatoms. The molecule has 0 saturated carbocycles. The van der Waals surface area contributed by atoms with Gasteiger partial charge in [-0.3, -0.25) is 15.5 Å². The summed E-state index contributed by atoms with van der Waals surface area (Å²) in [6, 6.07) is 5.20. The Hall–Kier alpha value is -2.00. The van der Waals surface area contributed by atoms with Crippen LogP contribution in [0.1, 0.15) is 23.1 Å². The van der Waals surface area contributed by atoms with Crippen molar-refractivity contribution in [2.45, 2.75) is 19.0 Å². The summed E-state index contributed by atoms with van der Waals surface area (Å²) in [4.78, 5) is 12.0. The van der Waals surface area contributed by atoms with E-state index in [1.165, 1.54) is 36.0 Å². The van der Waals surface area contributed by atoms with Gasteiger partial charge in [0.25, 0.3) is 5.91 Å². The molecule has 0 atom stereocenters. The normalized spacial score (nSPS) is 10.3. The molecule has 1 amide bonds. The minimum absolute atomic E-state index is 0.107. The van der Waals surface area contributed by atoms with Crippen LogP contribution in [0.5, 0.6) is 0 Å². The van der Waals surface area contributed by atoms with Crippen LogP contribution >= 0.6 is 24.0 Å². The lowest BCUT2D eigenvalue weighted by Gasteiger charge is -2.12. The average Bonchev–Trinajstić information content (AvgIpc) is 2.81. The number of nitrogens with one attached hydrogen (secondary N) is 2. The van der Waals surface area contributed by atoms with E-state index in [4.69, 9.17) is 12.2 Å². The van der Waals surface area contributed by atoms with Gasteiger partial charge in [-0.25, -0.2) is 9.07 Å². The Labute approximate surface area is 136 Å². The third kappa shape index (κ3) is 4.01. The molecule has 0 saturated heterocycles. The first-order valence-electron chi connectivity index (χ1n) is 6.44. The Morgan fingerprint density at radius 2 is 2.05 bits per heavy atom. The molecule has 2 aromatic rings. The fraction of sp³-hybridized carbons (Fsp3) is 0.231. The van der Waals surface area contributed by atoms with E-state index in [1.807, 2.05) is 6.92 Å². The van der Waals surface area contributed by atoms with E-state index in [0.29, 0.717) is 16.5 Å². The first kappa shape index (κ1) is 16.4. The first-order chi connectivity index (χ1) is 10.5. The second kappa shape index (κ2) is 7.32. The molecule has 0 aliphatic heterocycles. The highest BCUT2D eigenvalue weighted by Gasteiger charge is 2.12. The van der Waals surface area contributed by atoms with Crippen molar-refractivity contribution in [2.75, 3.05) is 11.2 Å². The smallest absolute Gasteiger partial charge is 0.257 e. The van der Waals surface area contributed by atoms with Crippen molar-refractivity contribution in [1.82, 2.24) is 20.2 Å². The number of aryl methyl sites for hydroxylation is 1. The van der Waals surface area contributed by atoms with E-state index in [2.05, 4.69) is 20.9 Å². The Bertz CT molecular complexity index is 686. The van der Waals surface area contributed by atoms with Crippen LogP contribution < -0.4 is 10.7 Å². The predicted octanol–water partition coefficient (Wildman–Crippen LogP) is 2.10. The number of hydrogen-bond donors (Lipinski definition) is 2. The second-order valence-corrected chi connectivity index (χ2v) is 5.84. The standard InChI is InChI=1S/C13H14FN5OS2/c1-3-22-13-17-16-8(2)19(13)18-12(21)15-11(20)9-4-6-10(14)7-5-9/h4-7H,3H2,1-2H3,(H2,15,18,20,21). The molecule has 0 spiro atoms. The molecule has 2 N–H and O–H groups in total. The number of thiocarbonyl (C=S) groups is 1. The summed E-state index contributed by atoms with van der Waals surface area (Å²) in [6.07, 6.45) is 0. The van der Waals surface area contributed by atoms with E-state index >= 15 is 0 Å². The van der Waals surface area contributed by atoms with Gasteiger partial charge in [-0.05, 0) is 49.2 Å². The van der Waals surface area contributed by atoms with Crippen LogP contribution in [0, 0.1) is 12.7 Å². The van der Waals surface area contributed by atoms with E-state index < -0.39 is 11.7 Å². The molecule has 22 heavy (non-hydrogen) atoms. The van der Waals surface area contributed by atoms with E-state index in [1.54, 1.807) is 11.6 Å². The maximum atomic E-state index is 12.8. The minimum Gasteiger partial charge on any atom is -0.298 e. The monoisotopic (exact) mass is 339 g/mol. The van der Waals surface area contributed by atoms with Gasteiger partial charge in [0.1, 0.15) is 11.6 Å². The van der Waals surface area contributed by atoms with Crippen molar-refractivity contribution in [3.05, 3.63) is 41.5 Å². The lowest BCUT2D eigenvalue weighted by atomic mass is 10.2. The molecule has 2 rings (SSSR count). The fourth-order valence-electron chi connectivity index (χ4n) is 1.60. The first-order valence-corrected chi connectivity index (χ1v) is 7.83. The molecule has 0 fully saturated rings. The van der Waals surface area contributed by atoms with Crippen LogP contribution in [-0.2, 0) is 0 Å². The van der Waals surface area contributed by atoms with Crippen LogP contribution in [0.3, 0.4) is 0 Å². The maximum absolute atomic E-state index is 12.8.